The van der Waals surface area contributed by atoms with Crippen LogP contribution in [-0.2, 0) is 13.2 Å². The van der Waals surface area contributed by atoms with E-state index in [2.05, 4.69) is 38.1 Å². The molecule has 0 unspecified atom stereocenters. The number of aromatic nitrogens is 1. The van der Waals surface area contributed by atoms with E-state index in [0.717, 1.165) is 24.1 Å². The zero-order chi connectivity index (χ0) is 21.8. The van der Waals surface area contributed by atoms with Crippen molar-refractivity contribution in [3.63, 3.8) is 0 Å². The number of nitrogens with zero attached hydrogens (tertiary/aromatic N) is 3. The molecule has 31 heavy (non-hydrogen) atoms. The summed E-state index contributed by atoms with van der Waals surface area (Å²) in [4.78, 5) is 17.2. The van der Waals surface area contributed by atoms with Crippen molar-refractivity contribution in [3.8, 4) is 5.75 Å². The van der Waals surface area contributed by atoms with Crippen LogP contribution in [0.25, 0.3) is 0 Å². The Morgan fingerprint density at radius 2 is 1.90 bits per heavy atom. The van der Waals surface area contributed by atoms with Crippen molar-refractivity contribution in [1.29, 1.82) is 0 Å². The molecule has 1 saturated heterocycles. The van der Waals surface area contributed by atoms with Gasteiger partial charge in [0.15, 0.2) is 5.69 Å². The van der Waals surface area contributed by atoms with Crippen molar-refractivity contribution < 1.29 is 18.4 Å². The van der Waals surface area contributed by atoms with Crippen LogP contribution in [0, 0.1) is 12.7 Å². The van der Waals surface area contributed by atoms with E-state index in [4.69, 9.17) is 9.26 Å². The summed E-state index contributed by atoms with van der Waals surface area (Å²) in [5.41, 5.74) is 2.13. The highest BCUT2D eigenvalue weighted by molar-refractivity contribution is 9.10. The second kappa shape index (κ2) is 9.62. The SMILES string of the molecule is Cc1onc(C(=O)N2CCN(Cc3cccc(Br)c3)CC2)c1COc1ccc(F)cc1. The minimum absolute atomic E-state index is 0.130. The first-order valence-electron chi connectivity index (χ1n) is 10.1. The lowest BCUT2D eigenvalue weighted by Gasteiger charge is -2.34. The third-order valence-corrected chi connectivity index (χ3v) is 5.83. The highest BCUT2D eigenvalue weighted by Crippen LogP contribution is 2.21. The molecule has 0 radical (unpaired) electrons. The monoisotopic (exact) mass is 487 g/mol. The molecule has 1 aliphatic rings. The van der Waals surface area contributed by atoms with Gasteiger partial charge in [0.2, 0.25) is 0 Å². The molecule has 162 valence electrons. The zero-order valence-electron chi connectivity index (χ0n) is 17.2. The smallest absolute Gasteiger partial charge is 0.276 e. The van der Waals surface area contributed by atoms with E-state index in [1.165, 1.54) is 17.7 Å². The number of benzene rings is 2. The summed E-state index contributed by atoms with van der Waals surface area (Å²) in [6.07, 6.45) is 0. The number of aryl methyl sites for hydroxylation is 1. The van der Waals surface area contributed by atoms with Crippen LogP contribution in [0.4, 0.5) is 4.39 Å². The van der Waals surface area contributed by atoms with Crippen molar-refractivity contribution in [3.05, 3.63) is 81.4 Å². The maximum atomic E-state index is 13.1. The first-order valence-corrected chi connectivity index (χ1v) is 10.9. The fourth-order valence-corrected chi connectivity index (χ4v) is 4.01. The predicted molar refractivity (Wildman–Crippen MR) is 117 cm³/mol. The Bertz CT molecular complexity index is 1050. The topological polar surface area (TPSA) is 58.8 Å². The number of amides is 1. The number of ether oxygens (including phenoxy) is 1. The molecule has 3 aromatic rings. The number of hydrogen-bond donors (Lipinski definition) is 0. The highest BCUT2D eigenvalue weighted by atomic mass is 79.9. The second-order valence-electron chi connectivity index (χ2n) is 7.51. The molecule has 2 aromatic carbocycles. The van der Waals surface area contributed by atoms with Crippen LogP contribution in [0.1, 0.15) is 27.4 Å². The summed E-state index contributed by atoms with van der Waals surface area (Å²) in [5, 5.41) is 3.99. The summed E-state index contributed by atoms with van der Waals surface area (Å²) >= 11 is 3.51. The number of rotatable bonds is 6. The Morgan fingerprint density at radius 1 is 1.16 bits per heavy atom. The zero-order valence-corrected chi connectivity index (χ0v) is 18.8. The number of hydrogen-bond acceptors (Lipinski definition) is 5. The molecule has 1 fully saturated rings. The van der Waals surface area contributed by atoms with Gasteiger partial charge in [-0.05, 0) is 48.9 Å². The second-order valence-corrected chi connectivity index (χ2v) is 8.42. The Hall–Kier alpha value is -2.71. The van der Waals surface area contributed by atoms with E-state index in [1.54, 1.807) is 24.0 Å². The van der Waals surface area contributed by atoms with Gasteiger partial charge in [0.05, 0.1) is 5.56 Å². The maximum absolute atomic E-state index is 13.1. The van der Waals surface area contributed by atoms with Crippen molar-refractivity contribution in [2.24, 2.45) is 0 Å². The van der Waals surface area contributed by atoms with Gasteiger partial charge in [-0.2, -0.15) is 0 Å². The van der Waals surface area contributed by atoms with Crippen LogP contribution in [0.5, 0.6) is 5.75 Å². The van der Waals surface area contributed by atoms with Crippen LogP contribution in [-0.4, -0.2) is 47.0 Å². The van der Waals surface area contributed by atoms with Gasteiger partial charge < -0.3 is 14.2 Å². The molecule has 0 N–H and O–H groups in total. The lowest BCUT2D eigenvalue weighted by molar-refractivity contribution is 0.0616. The molecule has 0 spiro atoms. The van der Waals surface area contributed by atoms with Gasteiger partial charge in [0.1, 0.15) is 23.9 Å². The maximum Gasteiger partial charge on any atom is 0.276 e. The van der Waals surface area contributed by atoms with E-state index in [9.17, 15) is 9.18 Å². The molecule has 6 nitrogen and oxygen atoms in total. The molecule has 4 rings (SSSR count). The van der Waals surface area contributed by atoms with E-state index < -0.39 is 0 Å². The Morgan fingerprint density at radius 3 is 2.61 bits per heavy atom. The first kappa shape index (κ1) is 21.5. The molecule has 2 heterocycles. The van der Waals surface area contributed by atoms with E-state index in [-0.39, 0.29) is 24.0 Å². The lowest BCUT2D eigenvalue weighted by Crippen LogP contribution is -2.48. The minimum atomic E-state index is -0.330. The summed E-state index contributed by atoms with van der Waals surface area (Å²) in [7, 11) is 0. The number of piperazine rings is 1. The Balaban J connectivity index is 1.36. The van der Waals surface area contributed by atoms with Gasteiger partial charge in [-0.1, -0.05) is 33.2 Å². The fourth-order valence-electron chi connectivity index (χ4n) is 3.57. The number of halogens is 2. The molecule has 0 saturated carbocycles. The summed E-state index contributed by atoms with van der Waals surface area (Å²) in [5.74, 6) is 0.570. The molecule has 0 bridgehead atoms. The van der Waals surface area contributed by atoms with E-state index in [1.807, 2.05) is 12.1 Å². The van der Waals surface area contributed by atoms with Gasteiger partial charge >= 0.3 is 0 Å². The molecule has 0 atom stereocenters. The van der Waals surface area contributed by atoms with Crippen molar-refractivity contribution in [2.75, 3.05) is 26.2 Å². The Kier molecular flexibility index (Phi) is 6.67. The highest BCUT2D eigenvalue weighted by Gasteiger charge is 2.28. The molecular weight excluding hydrogens is 465 g/mol. The Labute approximate surface area is 188 Å². The lowest BCUT2D eigenvalue weighted by atomic mass is 10.1. The van der Waals surface area contributed by atoms with Gasteiger partial charge in [0, 0.05) is 37.2 Å². The number of carbonyl (C=O) groups excluding carboxylic acids is 1. The minimum Gasteiger partial charge on any atom is -0.489 e. The summed E-state index contributed by atoms with van der Waals surface area (Å²) < 4.78 is 25.1. The van der Waals surface area contributed by atoms with Gasteiger partial charge in [-0.25, -0.2) is 4.39 Å². The van der Waals surface area contributed by atoms with Crippen molar-refractivity contribution >= 4 is 21.8 Å². The van der Waals surface area contributed by atoms with Crippen LogP contribution in [0.2, 0.25) is 0 Å². The van der Waals surface area contributed by atoms with Gasteiger partial charge in [-0.3, -0.25) is 9.69 Å². The summed E-state index contributed by atoms with van der Waals surface area (Å²) in [6, 6.07) is 14.0. The molecule has 0 aliphatic carbocycles. The molecule has 8 heteroatoms. The molecular formula is C23H23BrFN3O3. The van der Waals surface area contributed by atoms with Crippen LogP contribution >= 0.6 is 15.9 Å². The van der Waals surface area contributed by atoms with Crippen LogP contribution < -0.4 is 4.74 Å². The van der Waals surface area contributed by atoms with Gasteiger partial charge in [-0.15, -0.1) is 0 Å². The average Bonchev–Trinajstić information content (AvgIpc) is 3.14. The molecule has 1 amide bonds. The van der Waals surface area contributed by atoms with Gasteiger partial charge in [0.25, 0.3) is 5.91 Å². The molecule has 1 aliphatic heterocycles. The van der Waals surface area contributed by atoms with E-state index >= 15 is 0 Å². The third-order valence-electron chi connectivity index (χ3n) is 5.34. The van der Waals surface area contributed by atoms with Crippen LogP contribution in [0.3, 0.4) is 0 Å². The predicted octanol–water partition coefficient (Wildman–Crippen LogP) is 4.42. The normalized spacial score (nSPS) is 14.6. The van der Waals surface area contributed by atoms with Crippen molar-refractivity contribution in [2.45, 2.75) is 20.1 Å². The van der Waals surface area contributed by atoms with Crippen molar-refractivity contribution in [1.82, 2.24) is 15.0 Å². The third kappa shape index (κ3) is 5.32. The van der Waals surface area contributed by atoms with Crippen LogP contribution in [0.15, 0.2) is 57.5 Å². The largest absolute Gasteiger partial charge is 0.489 e. The molecule has 1 aromatic heterocycles. The summed E-state index contributed by atoms with van der Waals surface area (Å²) in [6.45, 7) is 5.55. The van der Waals surface area contributed by atoms with E-state index in [0.29, 0.717) is 30.2 Å². The fraction of sp³-hybridized carbons (Fsp3) is 0.304. The average molecular weight is 488 g/mol. The number of carbonyl (C=O) groups is 1. The first-order chi connectivity index (χ1) is 15.0. The standard InChI is InChI=1S/C23H23BrFN3O3/c1-16-21(15-30-20-7-5-19(25)6-8-20)22(26-31-16)23(29)28-11-9-27(10-12-28)14-17-3-2-4-18(24)13-17/h2-8,13H,9-12,14-15H2,1H3. The quantitative estimate of drug-likeness (QED) is 0.514.